The molecule has 0 aliphatic rings. The molecule has 0 atom stereocenters. The van der Waals surface area contributed by atoms with Gasteiger partial charge in [0, 0.05) is 6.42 Å². The van der Waals surface area contributed by atoms with E-state index in [0.717, 1.165) is 11.1 Å². The van der Waals surface area contributed by atoms with Crippen molar-refractivity contribution < 1.29 is 17.9 Å². The summed E-state index contributed by atoms with van der Waals surface area (Å²) >= 11 is 0. The maximum absolute atomic E-state index is 12.5. The van der Waals surface area contributed by atoms with Gasteiger partial charge in [0.1, 0.15) is 0 Å². The molecule has 0 aliphatic carbocycles. The molecule has 0 bridgehead atoms. The molecular weight excluding hydrogens is 300 g/mol. The van der Waals surface area contributed by atoms with Gasteiger partial charge in [-0.15, -0.1) is 0 Å². The summed E-state index contributed by atoms with van der Waals surface area (Å²) in [6.07, 6.45) is 0.700. The average molecular weight is 318 g/mol. The van der Waals surface area contributed by atoms with Crippen LogP contribution >= 0.6 is 0 Å². The minimum atomic E-state index is -3.40. The molecule has 22 heavy (non-hydrogen) atoms. The molecule has 0 spiro atoms. The molecule has 0 radical (unpaired) electrons. The smallest absolute Gasteiger partial charge is 0.305 e. The van der Waals surface area contributed by atoms with Crippen molar-refractivity contribution in [3.63, 3.8) is 0 Å². The standard InChI is InChI=1S/C17H18O4S/c1-21-17(18)12-11-14-7-5-6-8-15(14)13-22(19,20)16-9-3-2-4-10-16/h2-10H,11-13H2,1H3. The summed E-state index contributed by atoms with van der Waals surface area (Å²) in [7, 11) is -2.05. The van der Waals surface area contributed by atoms with Crippen molar-refractivity contribution in [2.45, 2.75) is 23.5 Å². The predicted octanol–water partition coefficient (Wildman–Crippen LogP) is 2.77. The first-order valence-corrected chi connectivity index (χ1v) is 8.59. The van der Waals surface area contributed by atoms with Gasteiger partial charge in [0.25, 0.3) is 0 Å². The number of carbonyl (C=O) groups excluding carboxylic acids is 1. The Morgan fingerprint density at radius 1 is 0.955 bits per heavy atom. The highest BCUT2D eigenvalue weighted by Gasteiger charge is 2.17. The molecule has 0 saturated carbocycles. The quantitative estimate of drug-likeness (QED) is 0.768. The first kappa shape index (κ1) is 16.2. The summed E-state index contributed by atoms with van der Waals surface area (Å²) < 4.78 is 29.5. The van der Waals surface area contributed by atoms with E-state index in [1.807, 2.05) is 12.1 Å². The molecule has 4 nitrogen and oxygen atoms in total. The van der Waals surface area contributed by atoms with Crippen molar-refractivity contribution >= 4 is 15.8 Å². The lowest BCUT2D eigenvalue weighted by Crippen LogP contribution is -2.08. The van der Waals surface area contributed by atoms with Gasteiger partial charge in [0.05, 0.1) is 17.8 Å². The third-order valence-corrected chi connectivity index (χ3v) is 5.07. The third kappa shape index (κ3) is 4.18. The zero-order valence-corrected chi connectivity index (χ0v) is 13.2. The van der Waals surface area contributed by atoms with Crippen LogP contribution in [0.15, 0.2) is 59.5 Å². The summed E-state index contributed by atoms with van der Waals surface area (Å²) in [6, 6.07) is 15.6. The zero-order chi connectivity index (χ0) is 16.0. The molecule has 0 amide bonds. The van der Waals surface area contributed by atoms with Crippen molar-refractivity contribution in [1.29, 1.82) is 0 Å². The van der Waals surface area contributed by atoms with E-state index in [-0.39, 0.29) is 18.1 Å². The number of rotatable bonds is 6. The fraction of sp³-hybridized carbons (Fsp3) is 0.235. The van der Waals surface area contributed by atoms with E-state index in [4.69, 9.17) is 0 Å². The Balaban J connectivity index is 2.21. The van der Waals surface area contributed by atoms with Crippen LogP contribution in [-0.4, -0.2) is 21.5 Å². The van der Waals surface area contributed by atoms with Gasteiger partial charge >= 0.3 is 5.97 Å². The number of hydrogen-bond acceptors (Lipinski definition) is 4. The Hall–Kier alpha value is -2.14. The maximum atomic E-state index is 12.5. The summed E-state index contributed by atoms with van der Waals surface area (Å²) in [4.78, 5) is 11.6. The lowest BCUT2D eigenvalue weighted by Gasteiger charge is -2.10. The molecular formula is C17H18O4S. The summed E-state index contributed by atoms with van der Waals surface area (Å²) in [6.45, 7) is 0. The van der Waals surface area contributed by atoms with Crippen LogP contribution in [0.4, 0.5) is 0 Å². The van der Waals surface area contributed by atoms with Gasteiger partial charge in [-0.2, -0.15) is 0 Å². The summed E-state index contributed by atoms with van der Waals surface area (Å²) in [5.41, 5.74) is 1.57. The SMILES string of the molecule is COC(=O)CCc1ccccc1CS(=O)(=O)c1ccccc1. The summed E-state index contributed by atoms with van der Waals surface area (Å²) in [5.74, 6) is -0.380. The second-order valence-corrected chi connectivity index (χ2v) is 6.91. The van der Waals surface area contributed by atoms with Crippen LogP contribution in [0, 0.1) is 0 Å². The second kappa shape index (κ2) is 7.22. The van der Waals surface area contributed by atoms with E-state index >= 15 is 0 Å². The first-order chi connectivity index (χ1) is 10.5. The Bertz CT molecular complexity index is 736. The average Bonchev–Trinajstić information content (AvgIpc) is 2.54. The summed E-state index contributed by atoms with van der Waals surface area (Å²) in [5, 5.41) is 0. The van der Waals surface area contributed by atoms with Crippen LogP contribution < -0.4 is 0 Å². The second-order valence-electron chi connectivity index (χ2n) is 4.92. The predicted molar refractivity (Wildman–Crippen MR) is 84.1 cm³/mol. The molecule has 0 saturated heterocycles. The van der Waals surface area contributed by atoms with Crippen LogP contribution in [0.2, 0.25) is 0 Å². The monoisotopic (exact) mass is 318 g/mol. The van der Waals surface area contributed by atoms with Crippen LogP contribution in [0.1, 0.15) is 17.5 Å². The maximum Gasteiger partial charge on any atom is 0.305 e. The van der Waals surface area contributed by atoms with Gasteiger partial charge in [-0.3, -0.25) is 4.79 Å². The number of benzene rings is 2. The van der Waals surface area contributed by atoms with Gasteiger partial charge in [0.15, 0.2) is 9.84 Å². The first-order valence-electron chi connectivity index (χ1n) is 6.94. The van der Waals surface area contributed by atoms with Crippen molar-refractivity contribution in [3.05, 3.63) is 65.7 Å². The Labute approximate surface area is 130 Å². The number of hydrogen-bond donors (Lipinski definition) is 0. The Kier molecular flexibility index (Phi) is 5.33. The number of ether oxygens (including phenoxy) is 1. The number of aryl methyl sites for hydroxylation is 1. The van der Waals surface area contributed by atoms with E-state index in [1.54, 1.807) is 42.5 Å². The molecule has 2 rings (SSSR count). The lowest BCUT2D eigenvalue weighted by atomic mass is 10.0. The minimum absolute atomic E-state index is 0.0750. The molecule has 0 fully saturated rings. The largest absolute Gasteiger partial charge is 0.469 e. The van der Waals surface area contributed by atoms with Crippen molar-refractivity contribution in [2.24, 2.45) is 0 Å². The van der Waals surface area contributed by atoms with Crippen molar-refractivity contribution in [2.75, 3.05) is 7.11 Å². The van der Waals surface area contributed by atoms with Crippen molar-refractivity contribution in [3.8, 4) is 0 Å². The normalized spacial score (nSPS) is 11.1. The third-order valence-electron chi connectivity index (χ3n) is 3.39. The molecule has 116 valence electrons. The van der Waals surface area contributed by atoms with Crippen LogP contribution in [0.5, 0.6) is 0 Å². The molecule has 2 aromatic rings. The van der Waals surface area contributed by atoms with Gasteiger partial charge in [0.2, 0.25) is 0 Å². The highest BCUT2D eigenvalue weighted by Crippen LogP contribution is 2.20. The van der Waals surface area contributed by atoms with E-state index in [1.165, 1.54) is 7.11 Å². The zero-order valence-electron chi connectivity index (χ0n) is 12.4. The van der Waals surface area contributed by atoms with Crippen molar-refractivity contribution in [1.82, 2.24) is 0 Å². The minimum Gasteiger partial charge on any atom is -0.469 e. The topological polar surface area (TPSA) is 60.4 Å². The number of esters is 1. The Morgan fingerprint density at radius 3 is 2.18 bits per heavy atom. The fourth-order valence-electron chi connectivity index (χ4n) is 2.20. The highest BCUT2D eigenvalue weighted by molar-refractivity contribution is 7.90. The van der Waals surface area contributed by atoms with Crippen LogP contribution in [0.3, 0.4) is 0 Å². The molecule has 0 aromatic heterocycles. The number of methoxy groups -OCH3 is 1. The molecule has 0 heterocycles. The van der Waals surface area contributed by atoms with E-state index in [2.05, 4.69) is 4.74 Å². The lowest BCUT2D eigenvalue weighted by molar-refractivity contribution is -0.140. The number of sulfone groups is 1. The van der Waals surface area contributed by atoms with E-state index in [0.29, 0.717) is 11.3 Å². The molecule has 0 unspecified atom stereocenters. The highest BCUT2D eigenvalue weighted by atomic mass is 32.2. The Morgan fingerprint density at radius 2 is 1.55 bits per heavy atom. The van der Waals surface area contributed by atoms with Gasteiger partial charge in [-0.05, 0) is 29.7 Å². The number of carbonyl (C=O) groups is 1. The van der Waals surface area contributed by atoms with Gasteiger partial charge in [-0.1, -0.05) is 42.5 Å². The van der Waals surface area contributed by atoms with E-state index < -0.39 is 9.84 Å². The molecule has 0 N–H and O–H groups in total. The molecule has 0 aliphatic heterocycles. The molecule has 2 aromatic carbocycles. The van der Waals surface area contributed by atoms with Gasteiger partial charge < -0.3 is 4.74 Å². The van der Waals surface area contributed by atoms with Crippen LogP contribution in [0.25, 0.3) is 0 Å². The van der Waals surface area contributed by atoms with E-state index in [9.17, 15) is 13.2 Å². The van der Waals surface area contributed by atoms with Gasteiger partial charge in [-0.25, -0.2) is 8.42 Å². The van der Waals surface area contributed by atoms with Crippen LogP contribution in [-0.2, 0) is 31.5 Å². The molecule has 5 heteroatoms. The fourth-order valence-corrected chi connectivity index (χ4v) is 3.63.